The predicted octanol–water partition coefficient (Wildman–Crippen LogP) is 4.29. The molecular formula is C21H19FN2O4S2. The van der Waals surface area contributed by atoms with Gasteiger partial charge in [0.2, 0.25) is 0 Å². The van der Waals surface area contributed by atoms with Gasteiger partial charge in [-0.15, -0.1) is 11.3 Å². The van der Waals surface area contributed by atoms with Crippen LogP contribution in [0, 0.1) is 5.82 Å². The number of halogens is 1. The largest absolute Gasteiger partial charge is 0.494 e. The van der Waals surface area contributed by atoms with Crippen LogP contribution in [0.15, 0.2) is 58.8 Å². The second kappa shape index (κ2) is 8.08. The van der Waals surface area contributed by atoms with E-state index in [4.69, 9.17) is 4.74 Å². The quantitative estimate of drug-likeness (QED) is 0.634. The van der Waals surface area contributed by atoms with Crippen LogP contribution in [-0.4, -0.2) is 28.0 Å². The van der Waals surface area contributed by atoms with E-state index in [0.717, 1.165) is 30.2 Å². The van der Waals surface area contributed by atoms with Crippen molar-refractivity contribution in [2.24, 2.45) is 0 Å². The van der Waals surface area contributed by atoms with Crippen LogP contribution >= 0.6 is 11.3 Å². The highest BCUT2D eigenvalue weighted by atomic mass is 32.2. The first kappa shape index (κ1) is 20.4. The van der Waals surface area contributed by atoms with Gasteiger partial charge in [0, 0.05) is 17.9 Å². The van der Waals surface area contributed by atoms with Gasteiger partial charge in [-0.1, -0.05) is 6.07 Å². The number of anilines is 2. The van der Waals surface area contributed by atoms with E-state index >= 15 is 0 Å². The van der Waals surface area contributed by atoms with Crippen molar-refractivity contribution in [3.8, 4) is 5.75 Å². The summed E-state index contributed by atoms with van der Waals surface area (Å²) in [7, 11) is -2.67. The Bertz CT molecular complexity index is 1190. The minimum Gasteiger partial charge on any atom is -0.494 e. The molecule has 1 amide bonds. The first-order chi connectivity index (χ1) is 14.4. The van der Waals surface area contributed by atoms with Gasteiger partial charge in [-0.2, -0.15) is 0 Å². The van der Waals surface area contributed by atoms with Crippen molar-refractivity contribution in [1.29, 1.82) is 0 Å². The Morgan fingerprint density at radius 3 is 2.73 bits per heavy atom. The fourth-order valence-electron chi connectivity index (χ4n) is 3.43. The van der Waals surface area contributed by atoms with Gasteiger partial charge in [0.1, 0.15) is 0 Å². The van der Waals surface area contributed by atoms with Crippen LogP contribution in [0.5, 0.6) is 5.75 Å². The van der Waals surface area contributed by atoms with E-state index in [1.54, 1.807) is 29.2 Å². The van der Waals surface area contributed by atoms with Gasteiger partial charge in [0.05, 0.1) is 16.9 Å². The van der Waals surface area contributed by atoms with Crippen LogP contribution in [0.1, 0.15) is 21.7 Å². The Kier molecular flexibility index (Phi) is 5.48. The minimum absolute atomic E-state index is 0.0294. The number of methoxy groups -OCH3 is 1. The highest BCUT2D eigenvalue weighted by Gasteiger charge is 2.25. The molecule has 9 heteroatoms. The van der Waals surface area contributed by atoms with Gasteiger partial charge in [0.25, 0.3) is 15.9 Å². The van der Waals surface area contributed by atoms with Gasteiger partial charge in [-0.3, -0.25) is 9.52 Å². The lowest BCUT2D eigenvalue weighted by atomic mass is 10.0. The summed E-state index contributed by atoms with van der Waals surface area (Å²) in [4.78, 5) is 15.0. The molecule has 30 heavy (non-hydrogen) atoms. The molecule has 0 fully saturated rings. The second-order valence-corrected chi connectivity index (χ2v) is 9.41. The molecule has 0 unspecified atom stereocenters. The standard InChI is InChI=1S/C21H19FN2O4S2/c1-28-19-9-7-16(13-17(19)22)30(26,27)23-15-6-8-18-14(12-15)4-2-10-24(18)21(25)20-5-3-11-29-20/h3,5-9,11-13,23H,2,4,10H2,1H3. The number of aryl methyl sites for hydroxylation is 1. The summed E-state index contributed by atoms with van der Waals surface area (Å²) in [5, 5.41) is 1.86. The topological polar surface area (TPSA) is 75.7 Å². The maximum Gasteiger partial charge on any atom is 0.268 e. The molecule has 0 atom stereocenters. The SMILES string of the molecule is COc1ccc(S(=O)(=O)Nc2ccc3c(c2)CCCN3C(=O)c2cccs2)cc1F. The van der Waals surface area contributed by atoms with Gasteiger partial charge >= 0.3 is 0 Å². The highest BCUT2D eigenvalue weighted by Crippen LogP contribution is 2.32. The van der Waals surface area contributed by atoms with Crippen molar-refractivity contribution in [3.63, 3.8) is 0 Å². The third-order valence-electron chi connectivity index (χ3n) is 4.86. The molecule has 3 aromatic rings. The summed E-state index contributed by atoms with van der Waals surface area (Å²) in [5.74, 6) is -0.847. The Hall–Kier alpha value is -2.91. The molecule has 1 aliphatic heterocycles. The zero-order valence-corrected chi connectivity index (χ0v) is 17.7. The number of thiophene rings is 1. The zero-order chi connectivity index (χ0) is 21.3. The van der Waals surface area contributed by atoms with Gasteiger partial charge < -0.3 is 9.64 Å². The second-order valence-electron chi connectivity index (χ2n) is 6.78. The van der Waals surface area contributed by atoms with Crippen molar-refractivity contribution in [1.82, 2.24) is 0 Å². The number of fused-ring (bicyclic) bond motifs is 1. The Morgan fingerprint density at radius 1 is 1.20 bits per heavy atom. The van der Waals surface area contributed by atoms with E-state index in [2.05, 4.69) is 4.72 Å². The normalized spacial score (nSPS) is 13.6. The molecule has 6 nitrogen and oxygen atoms in total. The van der Waals surface area contributed by atoms with Crippen LogP contribution in [-0.2, 0) is 16.4 Å². The third kappa shape index (κ3) is 3.90. The Labute approximate surface area is 178 Å². The smallest absolute Gasteiger partial charge is 0.268 e. The van der Waals surface area contributed by atoms with Gasteiger partial charge in [-0.05, 0) is 66.2 Å². The summed E-state index contributed by atoms with van der Waals surface area (Å²) >= 11 is 1.39. The number of hydrogen-bond acceptors (Lipinski definition) is 5. The summed E-state index contributed by atoms with van der Waals surface area (Å²) in [6.07, 6.45) is 1.51. The molecule has 1 aliphatic rings. The van der Waals surface area contributed by atoms with Crippen LogP contribution in [0.3, 0.4) is 0 Å². The van der Waals surface area contributed by atoms with Crippen molar-refractivity contribution in [3.05, 3.63) is 70.2 Å². The molecule has 2 aromatic carbocycles. The van der Waals surface area contributed by atoms with Crippen molar-refractivity contribution in [2.75, 3.05) is 23.3 Å². The molecule has 0 spiro atoms. The molecule has 0 aliphatic carbocycles. The van der Waals surface area contributed by atoms with Crippen molar-refractivity contribution >= 4 is 38.6 Å². The number of carbonyl (C=O) groups is 1. The average molecular weight is 447 g/mol. The average Bonchev–Trinajstić information content (AvgIpc) is 3.27. The Morgan fingerprint density at radius 2 is 2.03 bits per heavy atom. The molecule has 4 rings (SSSR count). The summed E-state index contributed by atoms with van der Waals surface area (Å²) in [6, 6.07) is 12.2. The molecule has 156 valence electrons. The Balaban J connectivity index is 1.60. The number of nitrogens with one attached hydrogen (secondary N) is 1. The summed E-state index contributed by atoms with van der Waals surface area (Å²) in [5.41, 5.74) is 2.01. The lowest BCUT2D eigenvalue weighted by molar-refractivity contribution is 0.0989. The van der Waals surface area contributed by atoms with E-state index in [1.807, 2.05) is 11.4 Å². The number of ether oxygens (including phenoxy) is 1. The zero-order valence-electron chi connectivity index (χ0n) is 16.1. The molecule has 0 saturated heterocycles. The number of sulfonamides is 1. The van der Waals surface area contributed by atoms with E-state index in [-0.39, 0.29) is 16.6 Å². The molecule has 1 N–H and O–H groups in total. The predicted molar refractivity (Wildman–Crippen MR) is 115 cm³/mol. The fraction of sp³-hybridized carbons (Fsp3) is 0.190. The maximum absolute atomic E-state index is 13.9. The molecule has 0 bridgehead atoms. The number of carbonyl (C=O) groups excluding carboxylic acids is 1. The number of hydrogen-bond donors (Lipinski definition) is 1. The van der Waals surface area contributed by atoms with Crippen LogP contribution in [0.2, 0.25) is 0 Å². The number of nitrogens with zero attached hydrogens (tertiary/aromatic N) is 1. The first-order valence-electron chi connectivity index (χ1n) is 9.24. The number of benzene rings is 2. The number of amides is 1. The van der Waals surface area contributed by atoms with E-state index in [0.29, 0.717) is 17.1 Å². The number of rotatable bonds is 5. The fourth-order valence-corrected chi connectivity index (χ4v) is 5.17. The highest BCUT2D eigenvalue weighted by molar-refractivity contribution is 7.92. The lowest BCUT2D eigenvalue weighted by Gasteiger charge is -2.29. The first-order valence-corrected chi connectivity index (χ1v) is 11.6. The van der Waals surface area contributed by atoms with Crippen LogP contribution in [0.4, 0.5) is 15.8 Å². The van der Waals surface area contributed by atoms with Gasteiger partial charge in [0.15, 0.2) is 11.6 Å². The molecule has 1 aromatic heterocycles. The minimum atomic E-state index is -3.98. The summed E-state index contributed by atoms with van der Waals surface area (Å²) in [6.45, 7) is 0.611. The molecule has 0 radical (unpaired) electrons. The molecule has 2 heterocycles. The summed E-state index contributed by atoms with van der Waals surface area (Å²) < 4.78 is 46.6. The van der Waals surface area contributed by atoms with Gasteiger partial charge in [-0.25, -0.2) is 12.8 Å². The van der Waals surface area contributed by atoms with E-state index < -0.39 is 15.8 Å². The third-order valence-corrected chi connectivity index (χ3v) is 7.10. The van der Waals surface area contributed by atoms with Crippen LogP contribution < -0.4 is 14.4 Å². The van der Waals surface area contributed by atoms with Crippen LogP contribution in [0.25, 0.3) is 0 Å². The van der Waals surface area contributed by atoms with Crippen molar-refractivity contribution in [2.45, 2.75) is 17.7 Å². The monoisotopic (exact) mass is 446 g/mol. The molecular weight excluding hydrogens is 427 g/mol. The van der Waals surface area contributed by atoms with E-state index in [9.17, 15) is 17.6 Å². The molecule has 0 saturated carbocycles. The maximum atomic E-state index is 13.9. The van der Waals surface area contributed by atoms with E-state index in [1.165, 1.54) is 30.6 Å². The lowest BCUT2D eigenvalue weighted by Crippen LogP contribution is -2.35. The van der Waals surface area contributed by atoms with Crippen molar-refractivity contribution < 1.29 is 22.3 Å².